The van der Waals surface area contributed by atoms with Crippen molar-refractivity contribution >= 4 is 11.9 Å². The van der Waals surface area contributed by atoms with E-state index < -0.39 is 18.0 Å². The average Bonchev–Trinajstić information content (AvgIpc) is 3.01. The first kappa shape index (κ1) is 13.4. The third-order valence-electron chi connectivity index (χ3n) is 3.66. The smallest absolute Gasteiger partial charge is 0.356 e. The van der Waals surface area contributed by atoms with Gasteiger partial charge in [-0.05, 0) is 38.3 Å². The fraction of sp³-hybridized carbons (Fsp3) is 0.357. The number of carboxylic acids is 2. The molecule has 7 heteroatoms. The molecule has 0 fully saturated rings. The van der Waals surface area contributed by atoms with E-state index in [-0.39, 0.29) is 11.5 Å². The normalized spacial score (nSPS) is 17.5. The molecule has 0 bridgehead atoms. The van der Waals surface area contributed by atoms with Crippen molar-refractivity contribution in [3.63, 3.8) is 0 Å². The fourth-order valence-electron chi connectivity index (χ4n) is 2.77. The zero-order valence-electron chi connectivity index (χ0n) is 11.4. The predicted molar refractivity (Wildman–Crippen MR) is 71.2 cm³/mol. The van der Waals surface area contributed by atoms with E-state index in [1.807, 2.05) is 0 Å². The second kappa shape index (κ2) is 4.76. The van der Waals surface area contributed by atoms with Gasteiger partial charge in [-0.15, -0.1) is 0 Å². The van der Waals surface area contributed by atoms with Gasteiger partial charge < -0.3 is 19.2 Å². The van der Waals surface area contributed by atoms with Crippen LogP contribution in [0, 0.1) is 6.92 Å². The molecule has 1 aliphatic rings. The van der Waals surface area contributed by atoms with Gasteiger partial charge in [-0.25, -0.2) is 14.6 Å². The van der Waals surface area contributed by atoms with Crippen LogP contribution in [0.25, 0.3) is 11.6 Å². The average molecular weight is 290 g/mol. The minimum atomic E-state index is -1.15. The third-order valence-corrected chi connectivity index (χ3v) is 3.66. The molecular formula is C14H14N2O5. The zero-order valence-corrected chi connectivity index (χ0v) is 11.4. The Kier molecular flexibility index (Phi) is 3.04. The summed E-state index contributed by atoms with van der Waals surface area (Å²) in [4.78, 5) is 26.9. The molecule has 0 aromatic carbocycles. The number of aromatic carboxylic acids is 1. The number of rotatable bonds is 3. The van der Waals surface area contributed by atoms with Gasteiger partial charge in [0.15, 0.2) is 17.3 Å². The second-order valence-corrected chi connectivity index (χ2v) is 5.06. The zero-order chi connectivity index (χ0) is 15.1. The van der Waals surface area contributed by atoms with Crippen molar-refractivity contribution in [1.82, 2.24) is 9.55 Å². The van der Waals surface area contributed by atoms with Crippen molar-refractivity contribution in [1.29, 1.82) is 0 Å². The summed E-state index contributed by atoms with van der Waals surface area (Å²) in [5.41, 5.74) is 0.357. The molecule has 1 unspecified atom stereocenters. The Bertz CT molecular complexity index is 728. The predicted octanol–water partition coefficient (Wildman–Crippen LogP) is 2.11. The summed E-state index contributed by atoms with van der Waals surface area (Å²) >= 11 is 0. The molecule has 1 atom stereocenters. The molecule has 0 saturated heterocycles. The Labute approximate surface area is 119 Å². The molecule has 0 amide bonds. The van der Waals surface area contributed by atoms with E-state index in [1.54, 1.807) is 19.1 Å². The van der Waals surface area contributed by atoms with Gasteiger partial charge >= 0.3 is 11.9 Å². The molecule has 0 aliphatic carbocycles. The van der Waals surface area contributed by atoms with Gasteiger partial charge in [-0.3, -0.25) is 0 Å². The number of hydrogen-bond acceptors (Lipinski definition) is 4. The Balaban J connectivity index is 2.24. The van der Waals surface area contributed by atoms with Crippen molar-refractivity contribution in [2.75, 3.05) is 0 Å². The Morgan fingerprint density at radius 2 is 2.14 bits per heavy atom. The van der Waals surface area contributed by atoms with Crippen LogP contribution in [0.15, 0.2) is 16.5 Å². The molecule has 1 aliphatic heterocycles. The first-order valence-electron chi connectivity index (χ1n) is 6.63. The van der Waals surface area contributed by atoms with Gasteiger partial charge in [0.25, 0.3) is 0 Å². The lowest BCUT2D eigenvalue weighted by atomic mass is 10.0. The van der Waals surface area contributed by atoms with Gasteiger partial charge in [0.2, 0.25) is 0 Å². The number of nitrogens with zero attached hydrogens (tertiary/aromatic N) is 2. The molecule has 2 N–H and O–H groups in total. The van der Waals surface area contributed by atoms with E-state index in [4.69, 9.17) is 4.42 Å². The number of furan rings is 1. The van der Waals surface area contributed by atoms with Crippen LogP contribution in [0.2, 0.25) is 0 Å². The number of carbonyl (C=O) groups is 2. The summed E-state index contributed by atoms with van der Waals surface area (Å²) in [6, 6.07) is 2.59. The Morgan fingerprint density at radius 1 is 1.38 bits per heavy atom. The monoisotopic (exact) mass is 290 g/mol. The van der Waals surface area contributed by atoms with E-state index in [9.17, 15) is 19.8 Å². The Morgan fingerprint density at radius 3 is 2.71 bits per heavy atom. The molecule has 0 radical (unpaired) electrons. The molecule has 2 aromatic heterocycles. The van der Waals surface area contributed by atoms with Crippen LogP contribution in [0.1, 0.15) is 40.8 Å². The molecule has 0 saturated carbocycles. The summed E-state index contributed by atoms with van der Waals surface area (Å²) in [5, 5.41) is 18.7. The number of hydrogen-bond donors (Lipinski definition) is 2. The van der Waals surface area contributed by atoms with E-state index in [0.717, 1.165) is 0 Å². The molecule has 7 nitrogen and oxygen atoms in total. The van der Waals surface area contributed by atoms with Crippen LogP contribution in [-0.4, -0.2) is 31.7 Å². The van der Waals surface area contributed by atoms with Gasteiger partial charge in [-0.2, -0.15) is 0 Å². The number of aromatic nitrogens is 2. The fourth-order valence-corrected chi connectivity index (χ4v) is 2.77. The highest BCUT2D eigenvalue weighted by atomic mass is 16.4. The first-order valence-corrected chi connectivity index (χ1v) is 6.63. The molecule has 0 spiro atoms. The van der Waals surface area contributed by atoms with Gasteiger partial charge in [0.05, 0.1) is 5.69 Å². The highest BCUT2D eigenvalue weighted by Crippen LogP contribution is 2.34. The number of aryl methyl sites for hydroxylation is 1. The maximum atomic E-state index is 11.5. The lowest BCUT2D eigenvalue weighted by Crippen LogP contribution is -2.26. The summed E-state index contributed by atoms with van der Waals surface area (Å²) in [6.45, 7) is 1.76. The highest BCUT2D eigenvalue weighted by molar-refractivity contribution is 5.88. The molecule has 3 heterocycles. The van der Waals surface area contributed by atoms with E-state index in [0.29, 0.717) is 36.5 Å². The number of carboxylic acid groups (broad SMARTS) is 2. The van der Waals surface area contributed by atoms with Gasteiger partial charge in [0.1, 0.15) is 11.8 Å². The quantitative estimate of drug-likeness (QED) is 0.896. The van der Waals surface area contributed by atoms with Crippen molar-refractivity contribution in [3.8, 4) is 11.6 Å². The minimum Gasteiger partial charge on any atom is -0.480 e. The topological polar surface area (TPSA) is 106 Å². The van der Waals surface area contributed by atoms with Crippen molar-refractivity contribution < 1.29 is 24.2 Å². The van der Waals surface area contributed by atoms with Crippen molar-refractivity contribution in [2.24, 2.45) is 0 Å². The summed E-state index contributed by atoms with van der Waals surface area (Å²) in [7, 11) is 0. The number of imidazole rings is 1. The molecule has 2 aromatic rings. The molecule has 21 heavy (non-hydrogen) atoms. The van der Waals surface area contributed by atoms with Crippen molar-refractivity contribution in [2.45, 2.75) is 32.2 Å². The summed E-state index contributed by atoms with van der Waals surface area (Å²) < 4.78 is 6.98. The van der Waals surface area contributed by atoms with Crippen LogP contribution >= 0.6 is 0 Å². The lowest BCUT2D eigenvalue weighted by Gasteiger charge is -2.23. The summed E-state index contributed by atoms with van der Waals surface area (Å²) in [5.74, 6) is -0.840. The number of aliphatic carboxylic acids is 1. The second-order valence-electron chi connectivity index (χ2n) is 5.06. The van der Waals surface area contributed by atoms with Crippen LogP contribution in [-0.2, 0) is 11.2 Å². The van der Waals surface area contributed by atoms with Crippen LogP contribution < -0.4 is 0 Å². The van der Waals surface area contributed by atoms with Crippen LogP contribution in [0.5, 0.6) is 0 Å². The maximum Gasteiger partial charge on any atom is 0.356 e. The van der Waals surface area contributed by atoms with Gasteiger partial charge in [0, 0.05) is 0 Å². The minimum absolute atomic E-state index is 0.0926. The Hall–Kier alpha value is -2.57. The maximum absolute atomic E-state index is 11.5. The lowest BCUT2D eigenvalue weighted by molar-refractivity contribution is -0.141. The molecular weight excluding hydrogens is 276 g/mol. The summed E-state index contributed by atoms with van der Waals surface area (Å²) in [6.07, 6.45) is 1.57. The third kappa shape index (κ3) is 2.10. The van der Waals surface area contributed by atoms with E-state index in [1.165, 1.54) is 4.57 Å². The first-order chi connectivity index (χ1) is 9.99. The standard InChI is InChI=1S/C14H14N2O5/c1-7-5-6-10(21-7)12-15-11(14(19)20)8-3-2-4-9(13(17)18)16(8)12/h5-6,9H,2-4H2,1H3,(H,17,18)(H,19,20). The van der Waals surface area contributed by atoms with E-state index in [2.05, 4.69) is 4.98 Å². The van der Waals surface area contributed by atoms with Gasteiger partial charge in [-0.1, -0.05) is 0 Å². The molecule has 3 rings (SSSR count). The van der Waals surface area contributed by atoms with Crippen molar-refractivity contribution in [3.05, 3.63) is 29.3 Å². The highest BCUT2D eigenvalue weighted by Gasteiger charge is 2.34. The van der Waals surface area contributed by atoms with Crippen LogP contribution in [0.3, 0.4) is 0 Å². The van der Waals surface area contributed by atoms with E-state index >= 15 is 0 Å². The number of fused-ring (bicyclic) bond motifs is 1. The SMILES string of the molecule is Cc1ccc(-c2nc(C(=O)O)c3n2C(C(=O)O)CCC3)o1. The van der Waals surface area contributed by atoms with Crippen LogP contribution in [0.4, 0.5) is 0 Å². The largest absolute Gasteiger partial charge is 0.480 e. The molecule has 110 valence electrons.